The van der Waals surface area contributed by atoms with Crippen LogP contribution in [-0.2, 0) is 0 Å². The predicted octanol–water partition coefficient (Wildman–Crippen LogP) is 4.06. The highest BCUT2D eigenvalue weighted by Crippen LogP contribution is 2.33. The summed E-state index contributed by atoms with van der Waals surface area (Å²) in [5, 5.41) is 20.0. The van der Waals surface area contributed by atoms with Crippen LogP contribution in [0.25, 0.3) is 0 Å². The van der Waals surface area contributed by atoms with E-state index in [0.717, 1.165) is 15.4 Å². The van der Waals surface area contributed by atoms with E-state index >= 15 is 0 Å². The summed E-state index contributed by atoms with van der Waals surface area (Å²) in [6.07, 6.45) is 0. The van der Waals surface area contributed by atoms with Gasteiger partial charge in [0.2, 0.25) is 0 Å². The molecule has 0 radical (unpaired) electrons. The minimum Gasteiger partial charge on any atom is -0.478 e. The number of nitrogens with zero attached hydrogens (tertiary/aromatic N) is 1. The van der Waals surface area contributed by atoms with E-state index in [2.05, 4.69) is 0 Å². The van der Waals surface area contributed by atoms with Gasteiger partial charge in [-0.05, 0) is 37.1 Å². The molecule has 5 nitrogen and oxygen atoms in total. The Morgan fingerprint density at radius 1 is 1.14 bits per heavy atom. The summed E-state index contributed by atoms with van der Waals surface area (Å²) in [7, 11) is 0. The first-order valence-electron chi connectivity index (χ1n) is 6.15. The van der Waals surface area contributed by atoms with Gasteiger partial charge >= 0.3 is 5.97 Å². The van der Waals surface area contributed by atoms with Crippen LogP contribution >= 0.6 is 11.8 Å². The Balaban J connectivity index is 2.38. The number of aryl methyl sites for hydroxylation is 2. The van der Waals surface area contributed by atoms with Gasteiger partial charge in [-0.3, -0.25) is 10.1 Å². The molecule has 0 atom stereocenters. The van der Waals surface area contributed by atoms with Crippen molar-refractivity contribution < 1.29 is 14.8 Å². The van der Waals surface area contributed by atoms with Crippen molar-refractivity contribution in [2.75, 3.05) is 0 Å². The van der Waals surface area contributed by atoms with Crippen molar-refractivity contribution in [3.05, 3.63) is 63.2 Å². The van der Waals surface area contributed by atoms with Crippen LogP contribution in [0.1, 0.15) is 21.5 Å². The van der Waals surface area contributed by atoms with Crippen LogP contribution in [0.3, 0.4) is 0 Å². The third kappa shape index (κ3) is 3.41. The molecule has 0 aliphatic carbocycles. The number of hydrogen-bond donors (Lipinski definition) is 1. The first kappa shape index (κ1) is 15.1. The summed E-state index contributed by atoms with van der Waals surface area (Å²) in [6.45, 7) is 3.59. The van der Waals surface area contributed by atoms with E-state index < -0.39 is 10.9 Å². The molecule has 0 aromatic heterocycles. The number of nitro benzene ring substituents is 1. The van der Waals surface area contributed by atoms with Crippen LogP contribution < -0.4 is 0 Å². The Morgan fingerprint density at radius 2 is 1.81 bits per heavy atom. The minimum absolute atomic E-state index is 0.0219. The summed E-state index contributed by atoms with van der Waals surface area (Å²) >= 11 is 1.32. The Kier molecular flexibility index (Phi) is 4.28. The lowest BCUT2D eigenvalue weighted by atomic mass is 10.1. The highest BCUT2D eigenvalue weighted by atomic mass is 32.2. The van der Waals surface area contributed by atoms with Crippen LogP contribution in [-0.4, -0.2) is 16.0 Å². The molecule has 0 spiro atoms. The average molecular weight is 303 g/mol. The minimum atomic E-state index is -0.981. The van der Waals surface area contributed by atoms with Gasteiger partial charge in [0.15, 0.2) is 0 Å². The lowest BCUT2D eigenvalue weighted by Gasteiger charge is -2.07. The third-order valence-corrected chi connectivity index (χ3v) is 4.20. The molecule has 0 unspecified atom stereocenters. The predicted molar refractivity (Wildman–Crippen MR) is 80.1 cm³/mol. The molecule has 0 heterocycles. The van der Waals surface area contributed by atoms with E-state index in [1.807, 2.05) is 13.0 Å². The van der Waals surface area contributed by atoms with Gasteiger partial charge in [-0.1, -0.05) is 23.9 Å². The van der Waals surface area contributed by atoms with E-state index in [0.29, 0.717) is 5.56 Å². The third-order valence-electron chi connectivity index (χ3n) is 3.05. The fourth-order valence-electron chi connectivity index (χ4n) is 1.83. The smallest absolute Gasteiger partial charge is 0.335 e. The zero-order valence-electron chi connectivity index (χ0n) is 11.5. The van der Waals surface area contributed by atoms with Gasteiger partial charge in [0.1, 0.15) is 0 Å². The van der Waals surface area contributed by atoms with Gasteiger partial charge in [0.25, 0.3) is 5.69 Å². The summed E-state index contributed by atoms with van der Waals surface area (Å²) in [4.78, 5) is 23.0. The van der Waals surface area contributed by atoms with E-state index in [1.165, 1.54) is 23.9 Å². The Labute approximate surface area is 125 Å². The van der Waals surface area contributed by atoms with Crippen LogP contribution in [0, 0.1) is 24.0 Å². The first-order valence-corrected chi connectivity index (χ1v) is 6.97. The molecule has 0 aliphatic heterocycles. The standard InChI is InChI=1S/C15H13NO4S/c1-9-4-6-12(8-13(9)15(17)18)21-14-7-11(16(19)20)5-3-10(14)2/h3-8H,1-2H3,(H,17,18). The summed E-state index contributed by atoms with van der Waals surface area (Å²) in [5.74, 6) is -0.981. The largest absolute Gasteiger partial charge is 0.478 e. The van der Waals surface area contributed by atoms with Gasteiger partial charge in [-0.25, -0.2) is 4.79 Å². The van der Waals surface area contributed by atoms with Crippen LogP contribution in [0.2, 0.25) is 0 Å². The maximum atomic E-state index is 11.1. The van der Waals surface area contributed by atoms with Gasteiger partial charge in [0.05, 0.1) is 10.5 Å². The molecular weight excluding hydrogens is 290 g/mol. The SMILES string of the molecule is Cc1ccc([N+](=O)[O-])cc1Sc1ccc(C)c(C(=O)O)c1. The van der Waals surface area contributed by atoms with Crippen LogP contribution in [0.15, 0.2) is 46.2 Å². The number of aromatic carboxylic acids is 1. The molecule has 0 saturated carbocycles. The Bertz CT molecular complexity index is 728. The van der Waals surface area contributed by atoms with Crippen molar-refractivity contribution in [2.24, 2.45) is 0 Å². The lowest BCUT2D eigenvalue weighted by molar-refractivity contribution is -0.385. The fraction of sp³-hybridized carbons (Fsp3) is 0.133. The molecule has 0 aliphatic rings. The van der Waals surface area contributed by atoms with Gasteiger partial charge in [-0.15, -0.1) is 0 Å². The number of benzene rings is 2. The van der Waals surface area contributed by atoms with E-state index in [4.69, 9.17) is 5.11 Å². The number of carboxylic acid groups (broad SMARTS) is 1. The molecule has 2 aromatic rings. The monoisotopic (exact) mass is 303 g/mol. The molecule has 6 heteroatoms. The normalized spacial score (nSPS) is 10.4. The number of carboxylic acids is 1. The quantitative estimate of drug-likeness (QED) is 0.680. The van der Waals surface area contributed by atoms with Gasteiger partial charge < -0.3 is 5.11 Å². The summed E-state index contributed by atoms with van der Waals surface area (Å²) in [5.41, 5.74) is 1.85. The second-order valence-corrected chi connectivity index (χ2v) is 5.71. The molecule has 0 amide bonds. The van der Waals surface area contributed by atoms with E-state index in [9.17, 15) is 14.9 Å². The maximum Gasteiger partial charge on any atom is 0.335 e. The van der Waals surface area contributed by atoms with Crippen molar-refractivity contribution in [2.45, 2.75) is 23.6 Å². The van der Waals surface area contributed by atoms with Gasteiger partial charge in [-0.2, -0.15) is 0 Å². The number of nitro groups is 1. The lowest BCUT2D eigenvalue weighted by Crippen LogP contribution is -1.99. The zero-order valence-corrected chi connectivity index (χ0v) is 12.3. The van der Waals surface area contributed by atoms with Crippen molar-refractivity contribution in [3.8, 4) is 0 Å². The van der Waals surface area contributed by atoms with Crippen molar-refractivity contribution >= 4 is 23.4 Å². The summed E-state index contributed by atoms with van der Waals surface area (Å²) in [6, 6.07) is 9.77. The maximum absolute atomic E-state index is 11.1. The van der Waals surface area contributed by atoms with Crippen molar-refractivity contribution in [1.29, 1.82) is 0 Å². The Hall–Kier alpha value is -2.34. The number of rotatable bonds is 4. The highest BCUT2D eigenvalue weighted by molar-refractivity contribution is 7.99. The van der Waals surface area contributed by atoms with Crippen molar-refractivity contribution in [1.82, 2.24) is 0 Å². The molecule has 2 rings (SSSR count). The topological polar surface area (TPSA) is 80.4 Å². The molecule has 108 valence electrons. The van der Waals surface area contributed by atoms with Gasteiger partial charge in [0, 0.05) is 21.9 Å². The van der Waals surface area contributed by atoms with E-state index in [1.54, 1.807) is 25.1 Å². The fourth-order valence-corrected chi connectivity index (χ4v) is 2.81. The Morgan fingerprint density at radius 3 is 2.43 bits per heavy atom. The van der Waals surface area contributed by atoms with Crippen LogP contribution in [0.5, 0.6) is 0 Å². The molecular formula is C15H13NO4S. The number of non-ortho nitro benzene ring substituents is 1. The second-order valence-electron chi connectivity index (χ2n) is 4.59. The first-order chi connectivity index (χ1) is 9.88. The zero-order chi connectivity index (χ0) is 15.6. The van der Waals surface area contributed by atoms with Crippen LogP contribution in [0.4, 0.5) is 5.69 Å². The van der Waals surface area contributed by atoms with E-state index in [-0.39, 0.29) is 11.3 Å². The molecule has 0 fully saturated rings. The highest BCUT2D eigenvalue weighted by Gasteiger charge is 2.12. The molecule has 0 saturated heterocycles. The van der Waals surface area contributed by atoms with Crippen molar-refractivity contribution in [3.63, 3.8) is 0 Å². The molecule has 21 heavy (non-hydrogen) atoms. The summed E-state index contributed by atoms with van der Waals surface area (Å²) < 4.78 is 0. The molecule has 0 bridgehead atoms. The average Bonchev–Trinajstić information content (AvgIpc) is 2.42. The molecule has 2 aromatic carbocycles. The number of hydrogen-bond acceptors (Lipinski definition) is 4. The second kappa shape index (κ2) is 5.97. The number of carbonyl (C=O) groups is 1. The molecule has 1 N–H and O–H groups in total.